The highest BCUT2D eigenvalue weighted by molar-refractivity contribution is 14.1. The summed E-state index contributed by atoms with van der Waals surface area (Å²) in [5, 5.41) is 0. The van der Waals surface area contributed by atoms with Crippen LogP contribution in [0.4, 0.5) is 0 Å². The molecular formula is C9H10INO3. The van der Waals surface area contributed by atoms with Crippen molar-refractivity contribution in [3.8, 4) is 5.88 Å². The molecule has 1 aromatic heterocycles. The summed E-state index contributed by atoms with van der Waals surface area (Å²) < 4.78 is 17.0. The predicted octanol–water partition coefficient (Wildman–Crippen LogP) is 1.74. The first kappa shape index (κ1) is 10.1. The number of halogens is 1. The summed E-state index contributed by atoms with van der Waals surface area (Å²) in [7, 11) is 1.59. The van der Waals surface area contributed by atoms with E-state index in [-0.39, 0.29) is 6.29 Å². The van der Waals surface area contributed by atoms with Gasteiger partial charge < -0.3 is 14.2 Å². The van der Waals surface area contributed by atoms with Crippen LogP contribution in [0, 0.1) is 3.57 Å². The van der Waals surface area contributed by atoms with E-state index in [0.29, 0.717) is 19.1 Å². The summed E-state index contributed by atoms with van der Waals surface area (Å²) in [6.07, 6.45) is 1.38. The summed E-state index contributed by atoms with van der Waals surface area (Å²) in [5.41, 5.74) is 0.883. The second kappa shape index (κ2) is 4.41. The largest absolute Gasteiger partial charge is 0.481 e. The van der Waals surface area contributed by atoms with Crippen LogP contribution < -0.4 is 4.74 Å². The van der Waals surface area contributed by atoms with Gasteiger partial charge in [-0.1, -0.05) is 0 Å². The number of hydrogen-bond donors (Lipinski definition) is 0. The van der Waals surface area contributed by atoms with Crippen molar-refractivity contribution in [2.45, 2.75) is 6.29 Å². The molecule has 0 unspecified atom stereocenters. The fourth-order valence-electron chi connectivity index (χ4n) is 1.33. The maximum absolute atomic E-state index is 5.42. The molecule has 1 fully saturated rings. The Kier molecular flexibility index (Phi) is 3.19. The Bertz CT molecular complexity index is 326. The van der Waals surface area contributed by atoms with Crippen LogP contribution in [0.5, 0.6) is 5.88 Å². The monoisotopic (exact) mass is 307 g/mol. The van der Waals surface area contributed by atoms with Gasteiger partial charge >= 0.3 is 0 Å². The predicted molar refractivity (Wildman–Crippen MR) is 58.2 cm³/mol. The van der Waals surface area contributed by atoms with Gasteiger partial charge in [-0.25, -0.2) is 4.98 Å². The van der Waals surface area contributed by atoms with Gasteiger partial charge in [0.05, 0.1) is 25.9 Å². The Morgan fingerprint density at radius 1 is 1.50 bits per heavy atom. The van der Waals surface area contributed by atoms with Crippen molar-refractivity contribution in [1.29, 1.82) is 0 Å². The summed E-state index contributed by atoms with van der Waals surface area (Å²) >= 11 is 2.22. The number of methoxy groups -OCH3 is 1. The topological polar surface area (TPSA) is 40.6 Å². The molecule has 4 nitrogen and oxygen atoms in total. The molecule has 0 aliphatic carbocycles. The highest BCUT2D eigenvalue weighted by atomic mass is 127. The van der Waals surface area contributed by atoms with Crippen LogP contribution in [0.15, 0.2) is 12.3 Å². The molecule has 0 bridgehead atoms. The minimum atomic E-state index is -0.328. The number of hydrogen-bond acceptors (Lipinski definition) is 4. The van der Waals surface area contributed by atoms with Gasteiger partial charge in [0.25, 0.3) is 0 Å². The Morgan fingerprint density at radius 2 is 2.21 bits per heavy atom. The molecule has 0 radical (unpaired) electrons. The maximum Gasteiger partial charge on any atom is 0.222 e. The number of nitrogens with zero attached hydrogens (tertiary/aromatic N) is 1. The van der Waals surface area contributed by atoms with Crippen LogP contribution in [0.3, 0.4) is 0 Å². The first-order chi connectivity index (χ1) is 6.83. The number of rotatable bonds is 2. The van der Waals surface area contributed by atoms with Crippen molar-refractivity contribution in [2.24, 2.45) is 0 Å². The molecule has 1 aliphatic heterocycles. The third-order valence-electron chi connectivity index (χ3n) is 1.95. The van der Waals surface area contributed by atoms with E-state index in [1.807, 2.05) is 6.07 Å². The Balaban J connectivity index is 2.37. The first-order valence-corrected chi connectivity index (χ1v) is 5.32. The number of pyridine rings is 1. The normalized spacial score (nSPS) is 17.3. The molecule has 0 saturated carbocycles. The van der Waals surface area contributed by atoms with Crippen LogP contribution in [0.2, 0.25) is 0 Å². The first-order valence-electron chi connectivity index (χ1n) is 4.24. The molecule has 0 amide bonds. The van der Waals surface area contributed by atoms with Crippen LogP contribution in [-0.4, -0.2) is 25.3 Å². The Hall–Kier alpha value is -0.400. The molecule has 1 aliphatic rings. The summed E-state index contributed by atoms with van der Waals surface area (Å²) in [6, 6.07) is 1.91. The van der Waals surface area contributed by atoms with E-state index in [9.17, 15) is 0 Å². The van der Waals surface area contributed by atoms with Crippen LogP contribution in [0.1, 0.15) is 11.9 Å². The van der Waals surface area contributed by atoms with E-state index < -0.39 is 0 Å². The van der Waals surface area contributed by atoms with Gasteiger partial charge in [0.1, 0.15) is 0 Å². The third kappa shape index (κ3) is 1.84. The molecule has 0 spiro atoms. The molecule has 1 saturated heterocycles. The Morgan fingerprint density at radius 3 is 2.86 bits per heavy atom. The standard InChI is InChI=1S/C9H10INO3/c1-12-8-7(6(10)2-3-11-8)9-13-4-5-14-9/h2-3,9H,4-5H2,1H3. The van der Waals surface area contributed by atoms with E-state index in [2.05, 4.69) is 27.6 Å². The SMILES string of the molecule is COc1nccc(I)c1C1OCCO1. The van der Waals surface area contributed by atoms with E-state index in [1.165, 1.54) is 0 Å². The zero-order valence-electron chi connectivity index (χ0n) is 7.70. The molecule has 5 heteroatoms. The second-order valence-corrected chi connectivity index (χ2v) is 3.95. The van der Waals surface area contributed by atoms with E-state index in [4.69, 9.17) is 14.2 Å². The minimum Gasteiger partial charge on any atom is -0.481 e. The molecule has 14 heavy (non-hydrogen) atoms. The average molecular weight is 307 g/mol. The van der Waals surface area contributed by atoms with Crippen molar-refractivity contribution in [3.05, 3.63) is 21.4 Å². The van der Waals surface area contributed by atoms with E-state index in [1.54, 1.807) is 13.3 Å². The van der Waals surface area contributed by atoms with Gasteiger partial charge in [0.2, 0.25) is 5.88 Å². The zero-order valence-corrected chi connectivity index (χ0v) is 9.85. The molecule has 1 aromatic rings. The third-order valence-corrected chi connectivity index (χ3v) is 2.89. The lowest BCUT2D eigenvalue weighted by atomic mass is 10.2. The van der Waals surface area contributed by atoms with Crippen molar-refractivity contribution in [1.82, 2.24) is 4.98 Å². The van der Waals surface area contributed by atoms with Crippen molar-refractivity contribution in [3.63, 3.8) is 0 Å². The molecule has 0 atom stereocenters. The van der Waals surface area contributed by atoms with Crippen molar-refractivity contribution in [2.75, 3.05) is 20.3 Å². The van der Waals surface area contributed by atoms with Gasteiger partial charge in [0.15, 0.2) is 6.29 Å². The molecule has 76 valence electrons. The molecule has 2 heterocycles. The maximum atomic E-state index is 5.42. The number of ether oxygens (including phenoxy) is 3. The fourth-order valence-corrected chi connectivity index (χ4v) is 1.98. The minimum absolute atomic E-state index is 0.328. The number of aromatic nitrogens is 1. The molecular weight excluding hydrogens is 297 g/mol. The van der Waals surface area contributed by atoms with Crippen molar-refractivity contribution >= 4 is 22.6 Å². The van der Waals surface area contributed by atoms with Gasteiger partial charge in [0, 0.05) is 9.77 Å². The average Bonchev–Trinajstić information content (AvgIpc) is 2.70. The highest BCUT2D eigenvalue weighted by Crippen LogP contribution is 2.32. The van der Waals surface area contributed by atoms with E-state index >= 15 is 0 Å². The smallest absolute Gasteiger partial charge is 0.222 e. The van der Waals surface area contributed by atoms with Crippen LogP contribution in [0.25, 0.3) is 0 Å². The fraction of sp³-hybridized carbons (Fsp3) is 0.444. The van der Waals surface area contributed by atoms with Crippen LogP contribution >= 0.6 is 22.6 Å². The molecule has 0 N–H and O–H groups in total. The van der Waals surface area contributed by atoms with Crippen molar-refractivity contribution < 1.29 is 14.2 Å². The summed E-state index contributed by atoms with van der Waals surface area (Å²) in [4.78, 5) is 4.12. The zero-order chi connectivity index (χ0) is 9.97. The highest BCUT2D eigenvalue weighted by Gasteiger charge is 2.25. The van der Waals surface area contributed by atoms with E-state index in [0.717, 1.165) is 9.13 Å². The van der Waals surface area contributed by atoms with Crippen LogP contribution in [-0.2, 0) is 9.47 Å². The van der Waals surface area contributed by atoms with Gasteiger partial charge in [-0.2, -0.15) is 0 Å². The van der Waals surface area contributed by atoms with Gasteiger partial charge in [-0.05, 0) is 28.7 Å². The van der Waals surface area contributed by atoms with Gasteiger partial charge in [-0.3, -0.25) is 0 Å². The summed E-state index contributed by atoms with van der Waals surface area (Å²) in [5.74, 6) is 0.573. The molecule has 0 aromatic carbocycles. The summed E-state index contributed by atoms with van der Waals surface area (Å²) in [6.45, 7) is 1.25. The second-order valence-electron chi connectivity index (χ2n) is 2.79. The lowest BCUT2D eigenvalue weighted by Crippen LogP contribution is -2.05. The lowest BCUT2D eigenvalue weighted by Gasteiger charge is -2.13. The lowest BCUT2D eigenvalue weighted by molar-refractivity contribution is -0.0464. The van der Waals surface area contributed by atoms with Gasteiger partial charge in [-0.15, -0.1) is 0 Å². The quantitative estimate of drug-likeness (QED) is 0.781. The molecule has 2 rings (SSSR count). The Labute approximate surface area is 95.7 Å².